The Bertz CT molecular complexity index is 912. The third-order valence-corrected chi connectivity index (χ3v) is 5.23. The topological polar surface area (TPSA) is 57.6 Å². The fourth-order valence-corrected chi connectivity index (χ4v) is 3.70. The molecule has 28 heavy (non-hydrogen) atoms. The van der Waals surface area contributed by atoms with E-state index >= 15 is 0 Å². The Hall–Kier alpha value is -2.88. The number of unbranched alkanes of at least 4 members (excludes halogenated alkanes) is 2. The summed E-state index contributed by atoms with van der Waals surface area (Å²) in [7, 11) is 0. The van der Waals surface area contributed by atoms with Crippen LogP contribution in [-0.4, -0.2) is 28.2 Å². The van der Waals surface area contributed by atoms with Crippen molar-refractivity contribution in [2.45, 2.75) is 46.1 Å². The molecule has 1 unspecified atom stereocenters. The minimum absolute atomic E-state index is 0.108. The number of amides is 1. The number of benzene rings is 2. The van der Waals surface area contributed by atoms with Gasteiger partial charge in [-0.25, -0.2) is 0 Å². The average molecular weight is 377 g/mol. The molecule has 3 rings (SSSR count). The average Bonchev–Trinajstić information content (AvgIpc) is 2.93. The Kier molecular flexibility index (Phi) is 5.98. The van der Waals surface area contributed by atoms with Crippen molar-refractivity contribution in [3.05, 3.63) is 76.4 Å². The van der Waals surface area contributed by atoms with Crippen molar-refractivity contribution >= 4 is 17.4 Å². The summed E-state index contributed by atoms with van der Waals surface area (Å²) >= 11 is 0. The number of likely N-dealkylation sites (tertiary alicyclic amines) is 1. The molecule has 0 saturated carbocycles. The van der Waals surface area contributed by atoms with Crippen molar-refractivity contribution in [2.75, 3.05) is 6.54 Å². The van der Waals surface area contributed by atoms with Crippen LogP contribution in [0.3, 0.4) is 0 Å². The summed E-state index contributed by atoms with van der Waals surface area (Å²) in [6, 6.07) is 14.6. The third-order valence-electron chi connectivity index (χ3n) is 5.23. The largest absolute Gasteiger partial charge is 0.507 e. The highest BCUT2D eigenvalue weighted by molar-refractivity contribution is 6.46. The van der Waals surface area contributed by atoms with Gasteiger partial charge < -0.3 is 10.0 Å². The molecule has 0 aromatic heterocycles. The standard InChI is InChI=1S/C24H27NO3/c1-4-5-6-14-25-21(19-9-7-8-17(3)15-19)20(23(27)24(25)28)22(26)18-12-10-16(2)11-13-18/h7-13,15,21,26H,4-6,14H2,1-3H3/b22-20-. The summed E-state index contributed by atoms with van der Waals surface area (Å²) in [6.07, 6.45) is 2.85. The molecule has 1 aliphatic rings. The number of aliphatic hydroxyl groups excluding tert-OH is 1. The third kappa shape index (κ3) is 3.86. The molecule has 1 aliphatic heterocycles. The molecule has 1 atom stereocenters. The first-order valence-corrected chi connectivity index (χ1v) is 9.86. The van der Waals surface area contributed by atoms with Gasteiger partial charge in [0, 0.05) is 12.1 Å². The van der Waals surface area contributed by atoms with E-state index in [2.05, 4.69) is 6.92 Å². The number of carbonyl (C=O) groups excluding carboxylic acids is 2. The zero-order valence-electron chi connectivity index (χ0n) is 16.7. The number of ketones is 1. The maximum atomic E-state index is 12.9. The maximum Gasteiger partial charge on any atom is 0.295 e. The number of Topliss-reactive ketones (excluding diaryl/α,β-unsaturated/α-hetero) is 1. The monoisotopic (exact) mass is 377 g/mol. The Balaban J connectivity index is 2.12. The number of aryl methyl sites for hydroxylation is 2. The van der Waals surface area contributed by atoms with Crippen molar-refractivity contribution in [3.63, 3.8) is 0 Å². The molecule has 4 nitrogen and oxygen atoms in total. The Labute approximate surface area is 166 Å². The first-order chi connectivity index (χ1) is 13.4. The van der Waals surface area contributed by atoms with Crippen molar-refractivity contribution in [1.82, 2.24) is 4.90 Å². The fraction of sp³-hybridized carbons (Fsp3) is 0.333. The van der Waals surface area contributed by atoms with Crippen LogP contribution in [0.15, 0.2) is 54.1 Å². The van der Waals surface area contributed by atoms with Crippen LogP contribution in [0.2, 0.25) is 0 Å². The highest BCUT2D eigenvalue weighted by Gasteiger charge is 2.45. The van der Waals surface area contributed by atoms with Gasteiger partial charge in [0.05, 0.1) is 11.6 Å². The molecule has 0 bridgehead atoms. The van der Waals surface area contributed by atoms with Gasteiger partial charge in [0.1, 0.15) is 5.76 Å². The Morgan fingerprint density at radius 2 is 1.71 bits per heavy atom. The van der Waals surface area contributed by atoms with E-state index in [1.807, 2.05) is 50.2 Å². The molecule has 1 saturated heterocycles. The van der Waals surface area contributed by atoms with Crippen LogP contribution in [0.25, 0.3) is 5.76 Å². The summed E-state index contributed by atoms with van der Waals surface area (Å²) in [5.74, 6) is -1.25. The number of aliphatic hydroxyl groups is 1. The van der Waals surface area contributed by atoms with E-state index in [1.165, 1.54) is 0 Å². The van der Waals surface area contributed by atoms with Crippen LogP contribution in [0.4, 0.5) is 0 Å². The molecular weight excluding hydrogens is 350 g/mol. The predicted octanol–water partition coefficient (Wildman–Crippen LogP) is 4.92. The van der Waals surface area contributed by atoms with E-state index in [-0.39, 0.29) is 11.3 Å². The lowest BCUT2D eigenvalue weighted by Gasteiger charge is -2.25. The zero-order valence-corrected chi connectivity index (χ0v) is 16.7. The quantitative estimate of drug-likeness (QED) is 0.337. The van der Waals surface area contributed by atoms with Crippen molar-refractivity contribution in [3.8, 4) is 0 Å². The second-order valence-electron chi connectivity index (χ2n) is 7.48. The minimum Gasteiger partial charge on any atom is -0.507 e. The number of hydrogen-bond acceptors (Lipinski definition) is 3. The van der Waals surface area contributed by atoms with Gasteiger partial charge in [0.25, 0.3) is 11.7 Å². The van der Waals surface area contributed by atoms with Crippen LogP contribution in [0.1, 0.15) is 54.5 Å². The highest BCUT2D eigenvalue weighted by atomic mass is 16.3. The van der Waals surface area contributed by atoms with Crippen molar-refractivity contribution in [1.29, 1.82) is 0 Å². The normalized spacial score (nSPS) is 18.7. The van der Waals surface area contributed by atoms with E-state index in [1.54, 1.807) is 17.0 Å². The smallest absolute Gasteiger partial charge is 0.295 e. The molecule has 0 radical (unpaired) electrons. The van der Waals surface area contributed by atoms with Gasteiger partial charge in [-0.15, -0.1) is 0 Å². The molecule has 1 amide bonds. The minimum atomic E-state index is -0.610. The van der Waals surface area contributed by atoms with Crippen LogP contribution in [-0.2, 0) is 9.59 Å². The molecule has 2 aromatic carbocycles. The van der Waals surface area contributed by atoms with E-state index < -0.39 is 17.7 Å². The van der Waals surface area contributed by atoms with Crippen LogP contribution in [0, 0.1) is 13.8 Å². The van der Waals surface area contributed by atoms with Crippen LogP contribution in [0.5, 0.6) is 0 Å². The second-order valence-corrected chi connectivity index (χ2v) is 7.48. The lowest BCUT2D eigenvalue weighted by molar-refractivity contribution is -0.139. The van der Waals surface area contributed by atoms with Gasteiger partial charge in [-0.1, -0.05) is 79.4 Å². The molecule has 1 heterocycles. The first-order valence-electron chi connectivity index (χ1n) is 9.86. The maximum absolute atomic E-state index is 12.9. The second kappa shape index (κ2) is 8.42. The molecular formula is C24H27NO3. The molecule has 4 heteroatoms. The number of hydrogen-bond donors (Lipinski definition) is 1. The molecule has 0 aliphatic carbocycles. The van der Waals surface area contributed by atoms with Gasteiger partial charge in [-0.3, -0.25) is 9.59 Å². The van der Waals surface area contributed by atoms with E-state index in [9.17, 15) is 14.7 Å². The molecule has 1 fully saturated rings. The fourth-order valence-electron chi connectivity index (χ4n) is 3.70. The predicted molar refractivity (Wildman–Crippen MR) is 111 cm³/mol. The summed E-state index contributed by atoms with van der Waals surface area (Å²) in [5.41, 5.74) is 3.69. The van der Waals surface area contributed by atoms with E-state index in [0.717, 1.165) is 36.0 Å². The summed E-state index contributed by atoms with van der Waals surface area (Å²) in [5, 5.41) is 11.0. The Morgan fingerprint density at radius 3 is 2.36 bits per heavy atom. The lowest BCUT2D eigenvalue weighted by atomic mass is 9.94. The number of nitrogens with zero attached hydrogens (tertiary/aromatic N) is 1. The van der Waals surface area contributed by atoms with Gasteiger partial charge >= 0.3 is 0 Å². The molecule has 146 valence electrons. The van der Waals surface area contributed by atoms with Crippen molar-refractivity contribution in [2.24, 2.45) is 0 Å². The summed E-state index contributed by atoms with van der Waals surface area (Å²) in [4.78, 5) is 27.3. The van der Waals surface area contributed by atoms with Gasteiger partial charge in [0.2, 0.25) is 0 Å². The summed E-state index contributed by atoms with van der Waals surface area (Å²) < 4.78 is 0. The first kappa shape index (κ1) is 19.9. The number of rotatable bonds is 6. The Morgan fingerprint density at radius 1 is 1.00 bits per heavy atom. The van der Waals surface area contributed by atoms with Gasteiger partial charge in [-0.2, -0.15) is 0 Å². The van der Waals surface area contributed by atoms with E-state index in [0.29, 0.717) is 12.1 Å². The van der Waals surface area contributed by atoms with Crippen LogP contribution < -0.4 is 0 Å². The SMILES string of the molecule is CCCCCN1C(=O)C(=O)/C(=C(\O)c2ccc(C)cc2)C1c1cccc(C)c1. The zero-order chi connectivity index (χ0) is 20.3. The van der Waals surface area contributed by atoms with E-state index in [4.69, 9.17) is 0 Å². The lowest BCUT2D eigenvalue weighted by Crippen LogP contribution is -2.30. The molecule has 2 aromatic rings. The number of carbonyl (C=O) groups is 2. The van der Waals surface area contributed by atoms with Gasteiger partial charge in [-0.05, 0) is 25.8 Å². The van der Waals surface area contributed by atoms with Crippen molar-refractivity contribution < 1.29 is 14.7 Å². The molecule has 1 N–H and O–H groups in total. The summed E-state index contributed by atoms with van der Waals surface area (Å²) in [6.45, 7) is 6.54. The molecule has 0 spiro atoms. The van der Waals surface area contributed by atoms with Gasteiger partial charge in [0.15, 0.2) is 0 Å². The highest BCUT2D eigenvalue weighted by Crippen LogP contribution is 2.39. The van der Waals surface area contributed by atoms with Crippen LogP contribution >= 0.6 is 0 Å².